The Morgan fingerprint density at radius 1 is 1.36 bits per heavy atom. The largest absolute Gasteiger partial charge is 0.493 e. The summed E-state index contributed by atoms with van der Waals surface area (Å²) in [7, 11) is 0. The average Bonchev–Trinajstić information content (AvgIpc) is 2.17. The average molecular weight is 192 g/mol. The third-order valence-electron chi connectivity index (χ3n) is 3.08. The maximum atomic E-state index is 10.1. The van der Waals surface area contributed by atoms with E-state index in [-0.39, 0.29) is 12.0 Å². The molecule has 0 saturated heterocycles. The monoisotopic (exact) mass is 192 g/mol. The number of aliphatic hydroxyl groups is 1. The van der Waals surface area contributed by atoms with Gasteiger partial charge in [-0.3, -0.25) is 0 Å². The molecule has 76 valence electrons. The van der Waals surface area contributed by atoms with Crippen LogP contribution in [0, 0.1) is 19.8 Å². The van der Waals surface area contributed by atoms with Crippen LogP contribution in [0.4, 0.5) is 0 Å². The van der Waals surface area contributed by atoms with Crippen molar-refractivity contribution in [2.75, 3.05) is 6.61 Å². The Labute approximate surface area is 84.5 Å². The Balaban J connectivity index is 2.56. The quantitative estimate of drug-likeness (QED) is 0.683. The van der Waals surface area contributed by atoms with E-state index in [1.54, 1.807) is 0 Å². The van der Waals surface area contributed by atoms with E-state index in [9.17, 15) is 5.11 Å². The number of aliphatic hydroxyl groups excluding tert-OH is 1. The number of hydrogen-bond acceptors (Lipinski definition) is 2. The van der Waals surface area contributed by atoms with Crippen molar-refractivity contribution in [1.29, 1.82) is 0 Å². The van der Waals surface area contributed by atoms with Gasteiger partial charge in [-0.25, -0.2) is 0 Å². The fourth-order valence-electron chi connectivity index (χ4n) is 1.90. The molecule has 1 aromatic carbocycles. The summed E-state index contributed by atoms with van der Waals surface area (Å²) in [5.41, 5.74) is 3.34. The van der Waals surface area contributed by atoms with Crippen molar-refractivity contribution in [3.8, 4) is 5.75 Å². The van der Waals surface area contributed by atoms with Crippen molar-refractivity contribution in [2.45, 2.75) is 26.9 Å². The van der Waals surface area contributed by atoms with Gasteiger partial charge in [0.25, 0.3) is 0 Å². The van der Waals surface area contributed by atoms with Gasteiger partial charge in [0.05, 0.1) is 12.7 Å². The highest BCUT2D eigenvalue weighted by Gasteiger charge is 2.27. The predicted octanol–water partition coefficient (Wildman–Crippen LogP) is 2.37. The molecule has 1 aromatic rings. The van der Waals surface area contributed by atoms with Crippen LogP contribution < -0.4 is 4.74 Å². The van der Waals surface area contributed by atoms with Crippen molar-refractivity contribution in [1.82, 2.24) is 0 Å². The first-order valence-electron chi connectivity index (χ1n) is 5.02. The van der Waals surface area contributed by atoms with Gasteiger partial charge in [0.2, 0.25) is 0 Å². The maximum Gasteiger partial charge on any atom is 0.125 e. The molecule has 0 unspecified atom stereocenters. The first-order valence-corrected chi connectivity index (χ1v) is 5.02. The van der Waals surface area contributed by atoms with Gasteiger partial charge in [-0.2, -0.15) is 0 Å². The first kappa shape index (κ1) is 9.53. The van der Waals surface area contributed by atoms with Crippen LogP contribution in [0.15, 0.2) is 12.1 Å². The van der Waals surface area contributed by atoms with E-state index in [0.29, 0.717) is 6.61 Å². The summed E-state index contributed by atoms with van der Waals surface area (Å²) in [4.78, 5) is 0. The van der Waals surface area contributed by atoms with Crippen molar-refractivity contribution in [3.63, 3.8) is 0 Å². The number of ether oxygens (including phenoxy) is 1. The fraction of sp³-hybridized carbons (Fsp3) is 0.500. The summed E-state index contributed by atoms with van der Waals surface area (Å²) < 4.78 is 5.58. The topological polar surface area (TPSA) is 29.5 Å². The molecule has 0 fully saturated rings. The third kappa shape index (κ3) is 1.30. The molecule has 0 bridgehead atoms. The number of benzene rings is 1. The van der Waals surface area contributed by atoms with E-state index in [4.69, 9.17) is 4.74 Å². The highest BCUT2D eigenvalue weighted by Crippen LogP contribution is 2.38. The van der Waals surface area contributed by atoms with Crippen molar-refractivity contribution in [3.05, 3.63) is 28.8 Å². The predicted molar refractivity (Wildman–Crippen MR) is 55.5 cm³/mol. The number of fused-ring (bicyclic) bond motifs is 1. The van der Waals surface area contributed by atoms with E-state index in [1.807, 2.05) is 26.0 Å². The van der Waals surface area contributed by atoms with Crippen LogP contribution >= 0.6 is 0 Å². The summed E-state index contributed by atoms with van der Waals surface area (Å²) in [6.45, 7) is 6.71. The van der Waals surface area contributed by atoms with E-state index in [2.05, 4.69) is 6.92 Å². The molecule has 0 spiro atoms. The minimum absolute atomic E-state index is 0.183. The second-order valence-corrected chi connectivity index (χ2v) is 4.15. The van der Waals surface area contributed by atoms with Gasteiger partial charge in [-0.05, 0) is 31.0 Å². The summed E-state index contributed by atoms with van der Waals surface area (Å²) >= 11 is 0. The highest BCUT2D eigenvalue weighted by atomic mass is 16.5. The van der Waals surface area contributed by atoms with E-state index in [0.717, 1.165) is 16.9 Å². The SMILES string of the molecule is Cc1ccc2c(c1C)[C@H](O)[C@@H](C)CO2. The Morgan fingerprint density at radius 2 is 2.07 bits per heavy atom. The minimum atomic E-state index is -0.376. The summed E-state index contributed by atoms with van der Waals surface area (Å²) in [5.74, 6) is 1.03. The third-order valence-corrected chi connectivity index (χ3v) is 3.08. The zero-order chi connectivity index (χ0) is 10.3. The molecular formula is C12H16O2. The van der Waals surface area contributed by atoms with Gasteiger partial charge in [-0.1, -0.05) is 13.0 Å². The van der Waals surface area contributed by atoms with Crippen LogP contribution in [-0.2, 0) is 0 Å². The molecule has 2 atom stereocenters. The Bertz CT molecular complexity index is 358. The molecule has 1 heterocycles. The van der Waals surface area contributed by atoms with Gasteiger partial charge < -0.3 is 9.84 Å². The lowest BCUT2D eigenvalue weighted by Gasteiger charge is -2.29. The van der Waals surface area contributed by atoms with Crippen LogP contribution in [0.3, 0.4) is 0 Å². The number of rotatable bonds is 0. The van der Waals surface area contributed by atoms with Gasteiger partial charge >= 0.3 is 0 Å². The van der Waals surface area contributed by atoms with Crippen LogP contribution in [0.2, 0.25) is 0 Å². The zero-order valence-corrected chi connectivity index (χ0v) is 8.87. The zero-order valence-electron chi connectivity index (χ0n) is 8.87. The highest BCUT2D eigenvalue weighted by molar-refractivity contribution is 5.46. The van der Waals surface area contributed by atoms with Crippen molar-refractivity contribution < 1.29 is 9.84 Å². The molecule has 14 heavy (non-hydrogen) atoms. The van der Waals surface area contributed by atoms with E-state index in [1.165, 1.54) is 5.56 Å². The van der Waals surface area contributed by atoms with Gasteiger partial charge in [0.1, 0.15) is 5.75 Å². The molecule has 0 aromatic heterocycles. The van der Waals surface area contributed by atoms with E-state index >= 15 is 0 Å². The standard InChI is InChI=1S/C12H16O2/c1-7-4-5-10-11(9(7)3)12(13)8(2)6-14-10/h4-5,8,12-13H,6H2,1-3H3/t8-,12+/m0/s1. The molecule has 2 nitrogen and oxygen atoms in total. The molecule has 1 N–H and O–H groups in total. The molecule has 1 aliphatic rings. The van der Waals surface area contributed by atoms with Gasteiger partial charge in [0.15, 0.2) is 0 Å². The van der Waals surface area contributed by atoms with Crippen LogP contribution in [0.1, 0.15) is 29.7 Å². The molecule has 1 aliphatic heterocycles. The summed E-state index contributed by atoms with van der Waals surface area (Å²) in [6, 6.07) is 3.99. The normalized spacial score (nSPS) is 25.4. The van der Waals surface area contributed by atoms with Crippen molar-refractivity contribution in [2.24, 2.45) is 5.92 Å². The first-order chi connectivity index (χ1) is 6.61. The second-order valence-electron chi connectivity index (χ2n) is 4.15. The van der Waals surface area contributed by atoms with Crippen LogP contribution in [-0.4, -0.2) is 11.7 Å². The molecule has 0 radical (unpaired) electrons. The van der Waals surface area contributed by atoms with Gasteiger partial charge in [-0.15, -0.1) is 0 Å². The molecule has 2 rings (SSSR count). The smallest absolute Gasteiger partial charge is 0.125 e. The summed E-state index contributed by atoms with van der Waals surface area (Å²) in [6.07, 6.45) is -0.376. The molecule has 0 saturated carbocycles. The molecule has 0 amide bonds. The Morgan fingerprint density at radius 3 is 2.79 bits per heavy atom. The molecule has 2 heteroatoms. The van der Waals surface area contributed by atoms with Crippen LogP contribution in [0.25, 0.3) is 0 Å². The Hall–Kier alpha value is -1.02. The maximum absolute atomic E-state index is 10.1. The van der Waals surface area contributed by atoms with E-state index < -0.39 is 0 Å². The van der Waals surface area contributed by atoms with Crippen LogP contribution in [0.5, 0.6) is 5.75 Å². The molecular weight excluding hydrogens is 176 g/mol. The lowest BCUT2D eigenvalue weighted by atomic mass is 9.89. The lowest BCUT2D eigenvalue weighted by Crippen LogP contribution is -2.24. The fourth-order valence-corrected chi connectivity index (χ4v) is 1.90. The minimum Gasteiger partial charge on any atom is -0.493 e. The Kier molecular flexibility index (Phi) is 2.23. The summed E-state index contributed by atoms with van der Waals surface area (Å²) in [5, 5.41) is 10.1. The number of aryl methyl sites for hydroxylation is 1. The number of hydrogen-bond donors (Lipinski definition) is 1. The lowest BCUT2D eigenvalue weighted by molar-refractivity contribution is 0.0597. The van der Waals surface area contributed by atoms with Crippen molar-refractivity contribution >= 4 is 0 Å². The second kappa shape index (κ2) is 3.28. The van der Waals surface area contributed by atoms with Gasteiger partial charge in [0, 0.05) is 11.5 Å². The molecule has 0 aliphatic carbocycles.